The minimum absolute atomic E-state index is 0.882. The smallest absolute Gasteiger partial charge is 0.157 e. The number of quaternary nitrogens is 1. The summed E-state index contributed by atoms with van der Waals surface area (Å²) >= 11 is 1.69. The number of rotatable bonds is 4. The van der Waals surface area contributed by atoms with E-state index < -0.39 is 0 Å². The van der Waals surface area contributed by atoms with E-state index >= 15 is 0 Å². The van der Waals surface area contributed by atoms with Crippen LogP contribution >= 0.6 is 11.3 Å². The summed E-state index contributed by atoms with van der Waals surface area (Å²) in [5.41, 5.74) is 0. The van der Waals surface area contributed by atoms with E-state index in [2.05, 4.69) is 10.3 Å². The Hall–Kier alpha value is -1.13. The molecule has 3 nitrogen and oxygen atoms in total. The van der Waals surface area contributed by atoms with Crippen molar-refractivity contribution in [3.8, 4) is 0 Å². The van der Waals surface area contributed by atoms with Gasteiger partial charge in [-0.15, -0.1) is 11.3 Å². The standard InChI is InChI=1S/C9H10N2OS/c1-2-8(12-4-1)6-10-7-9-11-3-5-13-9/h1-5,10H,6-7H2/p+1. The van der Waals surface area contributed by atoms with Crippen molar-refractivity contribution >= 4 is 11.3 Å². The van der Waals surface area contributed by atoms with E-state index in [1.54, 1.807) is 17.6 Å². The van der Waals surface area contributed by atoms with Gasteiger partial charge in [-0.25, -0.2) is 4.98 Å². The number of nitrogens with zero attached hydrogens (tertiary/aromatic N) is 1. The first kappa shape index (κ1) is 8.47. The minimum atomic E-state index is 0.882. The molecular weight excluding hydrogens is 184 g/mol. The Kier molecular flexibility index (Phi) is 2.74. The highest BCUT2D eigenvalue weighted by Gasteiger charge is 2.00. The first-order valence-corrected chi connectivity index (χ1v) is 5.05. The monoisotopic (exact) mass is 195 g/mol. The summed E-state index contributed by atoms with van der Waals surface area (Å²) in [5, 5.41) is 5.33. The quantitative estimate of drug-likeness (QED) is 0.791. The lowest BCUT2D eigenvalue weighted by Crippen LogP contribution is -2.80. The molecule has 2 aromatic heterocycles. The van der Waals surface area contributed by atoms with Gasteiger partial charge in [-0.1, -0.05) is 0 Å². The Morgan fingerprint density at radius 2 is 2.46 bits per heavy atom. The van der Waals surface area contributed by atoms with Gasteiger partial charge in [0.05, 0.1) is 6.26 Å². The van der Waals surface area contributed by atoms with Crippen LogP contribution in [0.1, 0.15) is 10.8 Å². The fourth-order valence-electron chi connectivity index (χ4n) is 1.12. The summed E-state index contributed by atoms with van der Waals surface area (Å²) in [4.78, 5) is 4.19. The zero-order valence-electron chi connectivity index (χ0n) is 7.14. The van der Waals surface area contributed by atoms with E-state index in [4.69, 9.17) is 4.42 Å². The molecule has 0 aliphatic carbocycles. The Morgan fingerprint density at radius 3 is 3.15 bits per heavy atom. The van der Waals surface area contributed by atoms with Crippen LogP contribution in [0.25, 0.3) is 0 Å². The number of nitrogens with two attached hydrogens (primary N) is 1. The second-order valence-corrected chi connectivity index (χ2v) is 3.68. The van der Waals surface area contributed by atoms with Gasteiger partial charge in [0.1, 0.15) is 18.1 Å². The fourth-order valence-corrected chi connectivity index (χ4v) is 1.74. The molecule has 2 heterocycles. The average Bonchev–Trinajstić information content (AvgIpc) is 2.75. The number of hydrogen-bond donors (Lipinski definition) is 1. The van der Waals surface area contributed by atoms with Crippen molar-refractivity contribution < 1.29 is 9.73 Å². The summed E-state index contributed by atoms with van der Waals surface area (Å²) in [6.07, 6.45) is 3.54. The van der Waals surface area contributed by atoms with Crippen LogP contribution in [0.5, 0.6) is 0 Å². The Morgan fingerprint density at radius 1 is 1.46 bits per heavy atom. The Balaban J connectivity index is 1.76. The molecule has 0 aliphatic heterocycles. The van der Waals surface area contributed by atoms with Gasteiger partial charge in [0.15, 0.2) is 5.76 Å². The van der Waals surface area contributed by atoms with Crippen LogP contribution in [0, 0.1) is 0 Å². The average molecular weight is 195 g/mol. The molecule has 2 N–H and O–H groups in total. The zero-order chi connectivity index (χ0) is 8.93. The molecule has 0 saturated heterocycles. The molecule has 0 saturated carbocycles. The predicted molar refractivity (Wildman–Crippen MR) is 50.2 cm³/mol. The molecule has 4 heteroatoms. The molecule has 0 bridgehead atoms. The van der Waals surface area contributed by atoms with Gasteiger partial charge in [0, 0.05) is 11.6 Å². The lowest BCUT2D eigenvalue weighted by Gasteiger charge is -1.95. The van der Waals surface area contributed by atoms with Crippen LogP contribution in [0.15, 0.2) is 34.4 Å². The van der Waals surface area contributed by atoms with Gasteiger partial charge in [0.2, 0.25) is 0 Å². The summed E-state index contributed by atoms with van der Waals surface area (Å²) in [6, 6.07) is 3.89. The zero-order valence-corrected chi connectivity index (χ0v) is 7.96. The summed E-state index contributed by atoms with van der Waals surface area (Å²) in [5.74, 6) is 1.01. The maximum atomic E-state index is 5.20. The van der Waals surface area contributed by atoms with Crippen molar-refractivity contribution in [1.29, 1.82) is 0 Å². The topological polar surface area (TPSA) is 42.6 Å². The minimum Gasteiger partial charge on any atom is -0.463 e. The van der Waals surface area contributed by atoms with E-state index in [-0.39, 0.29) is 0 Å². The molecule has 0 fully saturated rings. The van der Waals surface area contributed by atoms with Gasteiger partial charge < -0.3 is 9.73 Å². The summed E-state index contributed by atoms with van der Waals surface area (Å²) in [6.45, 7) is 1.81. The van der Waals surface area contributed by atoms with Crippen LogP contribution in [0.2, 0.25) is 0 Å². The van der Waals surface area contributed by atoms with Crippen molar-refractivity contribution in [3.63, 3.8) is 0 Å². The van der Waals surface area contributed by atoms with Crippen molar-refractivity contribution in [2.45, 2.75) is 13.1 Å². The number of hydrogen-bond acceptors (Lipinski definition) is 3. The van der Waals surface area contributed by atoms with Crippen LogP contribution in [0.4, 0.5) is 0 Å². The maximum Gasteiger partial charge on any atom is 0.157 e. The highest BCUT2D eigenvalue weighted by Crippen LogP contribution is 2.01. The van der Waals surface area contributed by atoms with Crippen LogP contribution in [-0.4, -0.2) is 4.98 Å². The highest BCUT2D eigenvalue weighted by molar-refractivity contribution is 7.09. The summed E-state index contributed by atoms with van der Waals surface area (Å²) in [7, 11) is 0. The second-order valence-electron chi connectivity index (χ2n) is 2.70. The lowest BCUT2D eigenvalue weighted by molar-refractivity contribution is -0.687. The third-order valence-corrected chi connectivity index (χ3v) is 2.53. The first-order chi connectivity index (χ1) is 6.45. The normalized spacial score (nSPS) is 10.5. The number of aromatic nitrogens is 1. The molecule has 0 atom stereocenters. The van der Waals surface area contributed by atoms with E-state index in [1.807, 2.05) is 23.7 Å². The highest BCUT2D eigenvalue weighted by atomic mass is 32.1. The Labute approximate surface area is 80.4 Å². The third kappa shape index (κ3) is 2.40. The van der Waals surface area contributed by atoms with E-state index in [1.165, 1.54) is 0 Å². The molecule has 0 amide bonds. The van der Waals surface area contributed by atoms with E-state index in [9.17, 15) is 0 Å². The molecule has 0 aromatic carbocycles. The fraction of sp³-hybridized carbons (Fsp3) is 0.222. The predicted octanol–water partition coefficient (Wildman–Crippen LogP) is 1.000. The van der Waals surface area contributed by atoms with Crippen LogP contribution < -0.4 is 5.32 Å². The van der Waals surface area contributed by atoms with Crippen molar-refractivity contribution in [1.82, 2.24) is 4.98 Å². The van der Waals surface area contributed by atoms with Gasteiger partial charge in [-0.3, -0.25) is 0 Å². The van der Waals surface area contributed by atoms with E-state index in [0.29, 0.717) is 0 Å². The van der Waals surface area contributed by atoms with Gasteiger partial charge >= 0.3 is 0 Å². The molecule has 0 unspecified atom stereocenters. The largest absolute Gasteiger partial charge is 0.463 e. The van der Waals surface area contributed by atoms with Gasteiger partial charge in [-0.2, -0.15) is 0 Å². The lowest BCUT2D eigenvalue weighted by atomic mass is 10.4. The molecule has 13 heavy (non-hydrogen) atoms. The van der Waals surface area contributed by atoms with Crippen molar-refractivity contribution in [2.75, 3.05) is 0 Å². The molecule has 68 valence electrons. The molecule has 2 rings (SSSR count). The molecule has 0 spiro atoms. The third-order valence-electron chi connectivity index (χ3n) is 1.73. The second kappa shape index (κ2) is 4.20. The SMILES string of the molecule is c1coc(C[NH2+]Cc2nccs2)c1. The van der Waals surface area contributed by atoms with Crippen LogP contribution in [-0.2, 0) is 13.1 Å². The number of thiazole rings is 1. The van der Waals surface area contributed by atoms with Crippen LogP contribution in [0.3, 0.4) is 0 Å². The molecule has 2 aromatic rings. The van der Waals surface area contributed by atoms with Crippen molar-refractivity contribution in [3.05, 3.63) is 40.7 Å². The molecule has 0 radical (unpaired) electrons. The Bertz CT molecular complexity index is 294. The van der Waals surface area contributed by atoms with Gasteiger partial charge in [-0.05, 0) is 12.1 Å². The molecule has 0 aliphatic rings. The summed E-state index contributed by atoms with van der Waals surface area (Å²) < 4.78 is 5.20. The van der Waals surface area contributed by atoms with Gasteiger partial charge in [0.25, 0.3) is 0 Å². The maximum absolute atomic E-state index is 5.20. The number of furan rings is 1. The van der Waals surface area contributed by atoms with Crippen molar-refractivity contribution in [2.24, 2.45) is 0 Å². The van der Waals surface area contributed by atoms with E-state index in [0.717, 1.165) is 23.9 Å². The molecular formula is C9H11N2OS+. The first-order valence-electron chi connectivity index (χ1n) is 4.17.